The van der Waals surface area contributed by atoms with Crippen LogP contribution in [0.2, 0.25) is 0 Å². The lowest BCUT2D eigenvalue weighted by molar-refractivity contribution is 0.0934. The van der Waals surface area contributed by atoms with Gasteiger partial charge in [0.25, 0.3) is 5.91 Å². The Bertz CT molecular complexity index is 433. The van der Waals surface area contributed by atoms with Crippen molar-refractivity contribution in [2.75, 3.05) is 26.4 Å². The number of hydrogen-bond donors (Lipinski definition) is 2. The molecule has 1 rings (SSSR count). The average molecular weight is 263 g/mol. The maximum atomic E-state index is 12.1. The van der Waals surface area contributed by atoms with Gasteiger partial charge < -0.3 is 16.0 Å². The quantitative estimate of drug-likeness (QED) is 0.798. The highest BCUT2D eigenvalue weighted by Gasteiger charge is 2.17. The predicted molar refractivity (Wildman–Crippen MR) is 80.2 cm³/mol. The van der Waals surface area contributed by atoms with Crippen LogP contribution in [0.5, 0.6) is 0 Å². The fourth-order valence-electron chi connectivity index (χ4n) is 2.13. The Balaban J connectivity index is 2.66. The van der Waals surface area contributed by atoms with Crippen LogP contribution in [0.3, 0.4) is 0 Å². The van der Waals surface area contributed by atoms with Gasteiger partial charge >= 0.3 is 0 Å². The highest BCUT2D eigenvalue weighted by molar-refractivity contribution is 5.94. The van der Waals surface area contributed by atoms with Crippen molar-refractivity contribution in [3.63, 3.8) is 0 Å². The molecule has 0 radical (unpaired) electrons. The summed E-state index contributed by atoms with van der Waals surface area (Å²) in [6.07, 6.45) is 0. The average Bonchev–Trinajstić information content (AvgIpc) is 2.31. The second kappa shape index (κ2) is 6.57. The van der Waals surface area contributed by atoms with Gasteiger partial charge in [-0.3, -0.25) is 4.79 Å². The summed E-state index contributed by atoms with van der Waals surface area (Å²) in [5.41, 5.74) is 8.06. The molecule has 0 aliphatic rings. The Labute approximate surface area is 116 Å². The summed E-state index contributed by atoms with van der Waals surface area (Å²) >= 11 is 0. The molecule has 1 unspecified atom stereocenters. The third-order valence-corrected chi connectivity index (χ3v) is 3.44. The molecule has 0 aliphatic carbocycles. The first kappa shape index (κ1) is 15.5. The molecule has 1 aromatic carbocycles. The molecule has 0 aromatic heterocycles. The molecule has 0 saturated carbocycles. The Morgan fingerprint density at radius 1 is 1.37 bits per heavy atom. The summed E-state index contributed by atoms with van der Waals surface area (Å²) in [6, 6.07) is 5.69. The van der Waals surface area contributed by atoms with Crippen LogP contribution in [0.4, 0.5) is 5.69 Å². The summed E-state index contributed by atoms with van der Waals surface area (Å²) in [5.74, 6) is 0.444. The number of carbonyl (C=O) groups is 1. The van der Waals surface area contributed by atoms with Crippen molar-refractivity contribution in [3.8, 4) is 0 Å². The second-order valence-corrected chi connectivity index (χ2v) is 5.56. The summed E-state index contributed by atoms with van der Waals surface area (Å²) in [4.78, 5) is 14.2. The Kier molecular flexibility index (Phi) is 5.36. The molecular formula is C15H25N3O. The van der Waals surface area contributed by atoms with Crippen molar-refractivity contribution in [3.05, 3.63) is 29.3 Å². The number of nitrogens with two attached hydrogens (primary N) is 1. The molecular weight excluding hydrogens is 238 g/mol. The second-order valence-electron chi connectivity index (χ2n) is 5.56. The summed E-state index contributed by atoms with van der Waals surface area (Å²) in [5, 5.41) is 2.99. The largest absolute Gasteiger partial charge is 0.399 e. The van der Waals surface area contributed by atoms with Crippen LogP contribution < -0.4 is 11.1 Å². The standard InChI is InChI=1S/C15H25N3O/c1-10(2)14(18(4)5)9-17-15(19)12-6-7-13(16)11(3)8-12/h6-8,10,14H,9,16H2,1-5H3,(H,17,19). The fourth-order valence-corrected chi connectivity index (χ4v) is 2.13. The van der Waals surface area contributed by atoms with E-state index in [4.69, 9.17) is 5.73 Å². The lowest BCUT2D eigenvalue weighted by atomic mass is 10.0. The molecule has 19 heavy (non-hydrogen) atoms. The van der Waals surface area contributed by atoms with Gasteiger partial charge in [-0.05, 0) is 50.7 Å². The Hall–Kier alpha value is -1.55. The van der Waals surface area contributed by atoms with Gasteiger partial charge in [0.05, 0.1) is 0 Å². The van der Waals surface area contributed by atoms with E-state index in [-0.39, 0.29) is 5.91 Å². The van der Waals surface area contributed by atoms with Crippen molar-refractivity contribution in [1.82, 2.24) is 10.2 Å². The maximum Gasteiger partial charge on any atom is 0.251 e. The molecule has 0 saturated heterocycles. The molecule has 1 amide bonds. The zero-order valence-corrected chi connectivity index (χ0v) is 12.5. The molecule has 106 valence electrons. The van der Waals surface area contributed by atoms with Crippen LogP contribution in [0.1, 0.15) is 29.8 Å². The SMILES string of the molecule is Cc1cc(C(=O)NCC(C(C)C)N(C)C)ccc1N. The lowest BCUT2D eigenvalue weighted by Crippen LogP contribution is -2.43. The van der Waals surface area contributed by atoms with Crippen molar-refractivity contribution in [2.24, 2.45) is 5.92 Å². The van der Waals surface area contributed by atoms with E-state index in [2.05, 4.69) is 24.1 Å². The first-order chi connectivity index (χ1) is 8.82. The van der Waals surface area contributed by atoms with Crippen molar-refractivity contribution in [2.45, 2.75) is 26.8 Å². The smallest absolute Gasteiger partial charge is 0.251 e. The monoisotopic (exact) mass is 263 g/mol. The minimum absolute atomic E-state index is 0.0457. The van der Waals surface area contributed by atoms with E-state index in [9.17, 15) is 4.79 Å². The van der Waals surface area contributed by atoms with Crippen LogP contribution in [-0.4, -0.2) is 37.5 Å². The van der Waals surface area contributed by atoms with Crippen LogP contribution >= 0.6 is 0 Å². The van der Waals surface area contributed by atoms with Crippen molar-refractivity contribution < 1.29 is 4.79 Å². The topological polar surface area (TPSA) is 58.4 Å². The molecule has 4 nitrogen and oxygen atoms in total. The van der Waals surface area contributed by atoms with Gasteiger partial charge in [-0.2, -0.15) is 0 Å². The lowest BCUT2D eigenvalue weighted by Gasteiger charge is -2.28. The Morgan fingerprint density at radius 3 is 2.47 bits per heavy atom. The van der Waals surface area contributed by atoms with E-state index in [1.165, 1.54) is 0 Å². The number of nitrogens with zero attached hydrogens (tertiary/aromatic N) is 1. The third kappa shape index (κ3) is 4.24. The first-order valence-corrected chi connectivity index (χ1v) is 6.63. The summed E-state index contributed by atoms with van der Waals surface area (Å²) in [6.45, 7) is 6.87. The molecule has 1 atom stereocenters. The number of likely N-dealkylation sites (N-methyl/N-ethyl adjacent to an activating group) is 1. The molecule has 0 heterocycles. The van der Waals surface area contributed by atoms with E-state index < -0.39 is 0 Å². The highest BCUT2D eigenvalue weighted by Crippen LogP contribution is 2.13. The molecule has 3 N–H and O–H groups in total. The number of amides is 1. The Morgan fingerprint density at radius 2 is 2.00 bits per heavy atom. The fraction of sp³-hybridized carbons (Fsp3) is 0.533. The third-order valence-electron chi connectivity index (χ3n) is 3.44. The minimum atomic E-state index is -0.0457. The van der Waals surface area contributed by atoms with Gasteiger partial charge in [0.1, 0.15) is 0 Å². The molecule has 4 heteroatoms. The van der Waals surface area contributed by atoms with Crippen molar-refractivity contribution >= 4 is 11.6 Å². The number of nitrogens with one attached hydrogen (secondary N) is 1. The van der Waals surface area contributed by atoms with Gasteiger partial charge in [-0.15, -0.1) is 0 Å². The highest BCUT2D eigenvalue weighted by atomic mass is 16.1. The summed E-state index contributed by atoms with van der Waals surface area (Å²) < 4.78 is 0. The first-order valence-electron chi connectivity index (χ1n) is 6.63. The molecule has 0 aliphatic heterocycles. The van der Waals surface area contributed by atoms with E-state index in [1.807, 2.05) is 27.1 Å². The zero-order chi connectivity index (χ0) is 14.6. The van der Waals surface area contributed by atoms with Crippen molar-refractivity contribution in [1.29, 1.82) is 0 Å². The van der Waals surface area contributed by atoms with E-state index >= 15 is 0 Å². The number of hydrogen-bond acceptors (Lipinski definition) is 3. The molecule has 0 bridgehead atoms. The summed E-state index contributed by atoms with van der Waals surface area (Å²) in [7, 11) is 4.06. The molecule has 1 aromatic rings. The number of rotatable bonds is 5. The van der Waals surface area contributed by atoms with Crippen LogP contribution in [0, 0.1) is 12.8 Å². The van der Waals surface area contributed by atoms with E-state index in [0.29, 0.717) is 29.8 Å². The number of nitrogen functional groups attached to an aromatic ring is 1. The van der Waals surface area contributed by atoms with Gasteiger partial charge in [-0.25, -0.2) is 0 Å². The van der Waals surface area contributed by atoms with E-state index in [0.717, 1.165) is 5.56 Å². The number of benzene rings is 1. The van der Waals surface area contributed by atoms with Gasteiger partial charge in [0.2, 0.25) is 0 Å². The minimum Gasteiger partial charge on any atom is -0.399 e. The number of aryl methyl sites for hydroxylation is 1. The molecule has 0 fully saturated rings. The number of carbonyl (C=O) groups excluding carboxylic acids is 1. The van der Waals surface area contributed by atoms with Gasteiger partial charge in [0.15, 0.2) is 0 Å². The van der Waals surface area contributed by atoms with Crippen LogP contribution in [-0.2, 0) is 0 Å². The van der Waals surface area contributed by atoms with Crippen LogP contribution in [0.15, 0.2) is 18.2 Å². The predicted octanol–water partition coefficient (Wildman–Crippen LogP) is 1.89. The van der Waals surface area contributed by atoms with E-state index in [1.54, 1.807) is 12.1 Å². The maximum absolute atomic E-state index is 12.1. The van der Waals surface area contributed by atoms with Gasteiger partial charge in [-0.1, -0.05) is 13.8 Å². The number of anilines is 1. The zero-order valence-electron chi connectivity index (χ0n) is 12.5. The normalized spacial score (nSPS) is 12.8. The van der Waals surface area contributed by atoms with Crippen LogP contribution in [0.25, 0.3) is 0 Å². The van der Waals surface area contributed by atoms with Gasteiger partial charge in [0, 0.05) is 23.8 Å². The molecule has 0 spiro atoms.